The molecular formula is C36H60N3O11UV-. The summed E-state index contributed by atoms with van der Waals surface area (Å²) in [6.45, 7) is 15.5. The van der Waals surface area contributed by atoms with Crippen LogP contribution in [0.15, 0.2) is 0 Å². The van der Waals surface area contributed by atoms with Gasteiger partial charge in [0.2, 0.25) is 0 Å². The Balaban J connectivity index is 0.00000468. The fraction of sp³-hybridized carbons (Fsp3) is 0.861. The van der Waals surface area contributed by atoms with Crippen molar-refractivity contribution in [1.29, 1.82) is 0 Å². The van der Waals surface area contributed by atoms with Gasteiger partial charge < -0.3 is 50.2 Å². The van der Waals surface area contributed by atoms with Gasteiger partial charge in [0.25, 0.3) is 5.97 Å². The fourth-order valence-electron chi connectivity index (χ4n) is 8.78. The van der Waals surface area contributed by atoms with E-state index in [1.54, 1.807) is 55.1 Å². The summed E-state index contributed by atoms with van der Waals surface area (Å²) in [6, 6.07) is -0.956. The largest absolute Gasteiger partial charge is 0.460 e. The van der Waals surface area contributed by atoms with E-state index >= 15 is 0 Å². The fourth-order valence-corrected chi connectivity index (χ4v) is 8.78. The maximum atomic E-state index is 14.5. The second kappa shape index (κ2) is 18.4. The molecule has 0 aliphatic carbocycles. The zero-order chi connectivity index (χ0) is 37.5. The number of carbonyl (C=O) groups is 4. The van der Waals surface area contributed by atoms with Gasteiger partial charge in [-0.2, -0.15) is 0 Å². The number of β-amino-alcohol motifs (C(OH)–C–C–N with tert-alkyl or cyclic N) is 1. The number of hydrogen-bond donors (Lipinski definition) is 2. The van der Waals surface area contributed by atoms with Crippen LogP contribution in [-0.4, -0.2) is 133 Å². The minimum Gasteiger partial charge on any atom is -0.460 e. The normalized spacial score (nSPS) is 41.7. The maximum absolute atomic E-state index is 14.5. The second-order valence-corrected chi connectivity index (χ2v) is 16.1. The van der Waals surface area contributed by atoms with Gasteiger partial charge in [0.05, 0.1) is 30.9 Å². The first-order valence-electron chi connectivity index (χ1n) is 17.9. The number of aliphatic hydroxyl groups is 1. The van der Waals surface area contributed by atoms with Crippen molar-refractivity contribution < 1.29 is 102 Å². The van der Waals surface area contributed by atoms with Crippen molar-refractivity contribution in [3.8, 4) is 0 Å². The first-order valence-corrected chi connectivity index (χ1v) is 17.9. The minimum absolute atomic E-state index is 0. The van der Waals surface area contributed by atoms with Gasteiger partial charge in [-0.3, -0.25) is 14.5 Å². The van der Waals surface area contributed by atoms with E-state index in [4.69, 9.17) is 28.4 Å². The minimum atomic E-state index is -1.48. The number of likely N-dealkylation sites (N-methyl/N-ethyl adjacent to an activating group) is 1. The molecule has 0 aromatic carbocycles. The molecule has 13 atom stereocenters. The van der Waals surface area contributed by atoms with Crippen LogP contribution in [0, 0.1) is 60.7 Å². The van der Waals surface area contributed by atoms with Crippen LogP contribution >= 0.6 is 0 Å². The zero-order valence-electron chi connectivity index (χ0n) is 32.8. The Morgan fingerprint density at radius 1 is 1.06 bits per heavy atom. The molecule has 4 aliphatic heterocycles. The monoisotopic (exact) mass is 999 g/mol. The van der Waals surface area contributed by atoms with E-state index in [2.05, 4.69) is 10.2 Å². The van der Waals surface area contributed by atoms with Crippen LogP contribution < -0.4 is 5.32 Å². The Kier molecular flexibility index (Phi) is 16.7. The Bertz CT molecular complexity index is 1280. The average Bonchev–Trinajstić information content (AvgIpc) is 3.27. The second-order valence-electron chi connectivity index (χ2n) is 16.1. The molecule has 0 aromatic heterocycles. The molecule has 0 saturated carbocycles. The number of rotatable bonds is 5. The summed E-state index contributed by atoms with van der Waals surface area (Å²) in [5.41, 5.74) is -4.10. The van der Waals surface area contributed by atoms with Gasteiger partial charge in [0, 0.05) is 81.2 Å². The summed E-state index contributed by atoms with van der Waals surface area (Å²) in [6.07, 6.45) is -3.48. The molecule has 1 unspecified atom stereocenters. The van der Waals surface area contributed by atoms with E-state index in [0.717, 1.165) is 0 Å². The summed E-state index contributed by atoms with van der Waals surface area (Å²) in [4.78, 5) is 59.1. The first-order chi connectivity index (χ1) is 23.2. The molecule has 4 rings (SSSR count). The molecule has 4 heterocycles. The number of ketones is 1. The summed E-state index contributed by atoms with van der Waals surface area (Å²) >= 11 is 0. The summed E-state index contributed by atoms with van der Waals surface area (Å²) in [5.74, 6) is -2.89. The Labute approximate surface area is 345 Å². The van der Waals surface area contributed by atoms with E-state index in [1.165, 1.54) is 4.90 Å². The van der Waals surface area contributed by atoms with Gasteiger partial charge >= 0.3 is 12.2 Å². The number of cyclic esters (lactones) is 1. The molecule has 2 bridgehead atoms. The predicted octanol–water partition coefficient (Wildman–Crippen LogP) is 3.32. The number of amides is 2. The van der Waals surface area contributed by atoms with Crippen LogP contribution in [0.4, 0.5) is 9.59 Å². The summed E-state index contributed by atoms with van der Waals surface area (Å²) in [5, 5.41) is 13.7. The molecule has 4 aliphatic rings. The number of ether oxygens (including phenoxy) is 6. The Hall–Kier alpha value is -0.884. The van der Waals surface area contributed by atoms with Gasteiger partial charge in [0.1, 0.15) is 23.6 Å². The number of alkyl carbamates (subject to hydrolysis) is 1. The van der Waals surface area contributed by atoms with Gasteiger partial charge in [-0.15, -0.1) is 5.92 Å². The van der Waals surface area contributed by atoms with Gasteiger partial charge in [-0.25, -0.2) is 9.59 Å². The third kappa shape index (κ3) is 9.73. The number of carbonyl (C=O) groups excluding carboxylic acids is 4. The smallest absolute Gasteiger partial charge is 0.411 e. The van der Waals surface area contributed by atoms with Crippen molar-refractivity contribution >= 4 is 23.9 Å². The van der Waals surface area contributed by atoms with Crippen molar-refractivity contribution in [2.24, 2.45) is 23.2 Å². The third-order valence-corrected chi connectivity index (χ3v) is 11.1. The van der Waals surface area contributed by atoms with E-state index in [9.17, 15) is 24.3 Å². The number of aliphatic hydroxyl groups excluding tert-OH is 1. The van der Waals surface area contributed by atoms with E-state index < -0.39 is 89.3 Å². The van der Waals surface area contributed by atoms with Crippen molar-refractivity contribution in [2.75, 3.05) is 34.3 Å². The number of nitrogens with one attached hydrogen (secondary N) is 1. The predicted molar refractivity (Wildman–Crippen MR) is 182 cm³/mol. The van der Waals surface area contributed by atoms with Gasteiger partial charge in [0.15, 0.2) is 11.9 Å². The number of hydrogen-bond acceptors (Lipinski definition) is 12. The third-order valence-electron chi connectivity index (χ3n) is 11.1. The van der Waals surface area contributed by atoms with Crippen molar-refractivity contribution in [1.82, 2.24) is 15.1 Å². The Morgan fingerprint density at radius 3 is 2.27 bits per heavy atom. The molecule has 0 aromatic rings. The van der Waals surface area contributed by atoms with Crippen LogP contribution in [0.1, 0.15) is 81.6 Å². The van der Waals surface area contributed by atoms with Crippen LogP contribution in [-0.2, 0) is 56.6 Å². The summed E-state index contributed by atoms with van der Waals surface area (Å²) < 4.78 is 37.7. The molecule has 2 amide bonds. The number of fused-ring (bicyclic) bond motifs is 4. The molecule has 52 heavy (non-hydrogen) atoms. The Morgan fingerprint density at radius 2 is 1.69 bits per heavy atom. The van der Waals surface area contributed by atoms with Crippen LogP contribution in [0.2, 0.25) is 0 Å². The average molecular weight is 1000 g/mol. The van der Waals surface area contributed by atoms with Crippen LogP contribution in [0.3, 0.4) is 0 Å². The molecule has 295 valence electrons. The standard InChI is InChI=1S/C36H60N3O11.U.V/c1-13-25-36(9)28-22(5)26(41)19(2)16-35(8,49-32(43)37-17-23(40)18-39(28)33(44)50-36)29(20(3)15-34(6,7)31(42)47-25)48-30-27(45-12)24(38(10)11)14-21(4)46-30;;/h15,19-25,27-30,40H,13-14,16-18H2,1-12H3,(H,37,43);;/q-1;;/t19-,20+,21-,22+,23?,24+,25-,27-,28-,29-,30+,35-,36-;;/m1../s1. The quantitative estimate of drug-likeness (QED) is 0.235. The van der Waals surface area contributed by atoms with Gasteiger partial charge in [-0.05, 0) is 54.1 Å². The molecular weight excluding hydrogens is 939 g/mol. The van der Waals surface area contributed by atoms with Crippen LogP contribution in [0.25, 0.3) is 0 Å². The molecule has 1 radical (unpaired) electrons. The topological polar surface area (TPSA) is 162 Å². The molecule has 0 spiro atoms. The van der Waals surface area contributed by atoms with Crippen molar-refractivity contribution in [2.45, 2.75) is 142 Å². The van der Waals surface area contributed by atoms with Crippen molar-refractivity contribution in [3.05, 3.63) is 6.42 Å². The van der Waals surface area contributed by atoms with Crippen LogP contribution in [0.5, 0.6) is 0 Å². The van der Waals surface area contributed by atoms with Gasteiger partial charge in [-0.1, -0.05) is 47.0 Å². The first kappa shape index (κ1) is 47.3. The van der Waals surface area contributed by atoms with Crippen molar-refractivity contribution in [3.63, 3.8) is 0 Å². The number of esters is 1. The zero-order valence-corrected chi connectivity index (χ0v) is 38.4. The molecule has 2 N–H and O–H groups in total. The van der Waals surface area contributed by atoms with E-state index in [1.807, 2.05) is 34.9 Å². The maximum Gasteiger partial charge on any atom is 0.411 e. The molecule has 14 nitrogen and oxygen atoms in total. The number of nitrogens with zero attached hydrogens (tertiary/aromatic N) is 2. The number of methoxy groups -OCH3 is 1. The summed E-state index contributed by atoms with van der Waals surface area (Å²) in [7, 11) is 5.52. The number of Topliss-reactive ketones (excluding diaryl/α,β-unsaturated/α-hetero) is 1. The molecule has 16 heteroatoms. The van der Waals surface area contributed by atoms with E-state index in [-0.39, 0.29) is 87.1 Å². The molecule has 4 saturated heterocycles. The molecule has 4 fully saturated rings. The van der Waals surface area contributed by atoms with E-state index in [0.29, 0.717) is 12.8 Å². The SMILES string of the molecule is CC[C@H]1OC(=O)C(C)(C)[CH-][C@H](C)[C@@H](O[C@@H]2O[C@H](C)C[C@H](N(C)C)[C@H]2OC)[C@@]2(C)C[C@@H](C)C(=O)[C@H](C)[C@H]3N(CC(O)CNC(=O)O2)C(=O)O[C@]13C.[U].[V].